The summed E-state index contributed by atoms with van der Waals surface area (Å²) in [5.74, 6) is -0.312. The highest BCUT2D eigenvalue weighted by molar-refractivity contribution is 5.94. The van der Waals surface area contributed by atoms with Crippen LogP contribution in [0.4, 0.5) is 13.2 Å². The first-order valence-electron chi connectivity index (χ1n) is 9.12. The molecule has 0 spiro atoms. The smallest absolute Gasteiger partial charge is 0.375 e. The van der Waals surface area contributed by atoms with E-state index in [1.165, 1.54) is 12.1 Å². The third-order valence-electron chi connectivity index (χ3n) is 5.14. The molecular weight excluding hydrogens is 361 g/mol. The van der Waals surface area contributed by atoms with Crippen LogP contribution in [0, 0.1) is 5.92 Å². The average molecular weight is 384 g/mol. The van der Waals surface area contributed by atoms with Crippen LogP contribution in [0.3, 0.4) is 0 Å². The molecule has 1 aromatic carbocycles. The summed E-state index contributed by atoms with van der Waals surface area (Å²) in [5, 5.41) is 0. The van der Waals surface area contributed by atoms with Crippen molar-refractivity contribution in [2.45, 2.75) is 32.0 Å². The second-order valence-corrected chi connectivity index (χ2v) is 7.11. The van der Waals surface area contributed by atoms with Crippen molar-refractivity contribution in [3.63, 3.8) is 0 Å². The first kappa shape index (κ1) is 19.7. The Bertz CT molecular complexity index is 682. The topological polar surface area (TPSA) is 49.9 Å². The lowest BCUT2D eigenvalue weighted by Crippen LogP contribution is -2.49. The largest absolute Gasteiger partial charge is 0.416 e. The Balaban J connectivity index is 1.55. The Morgan fingerprint density at radius 2 is 1.67 bits per heavy atom. The summed E-state index contributed by atoms with van der Waals surface area (Å²) in [6, 6.07) is 4.25. The number of carbonyl (C=O) groups is 2. The number of hydrogen-bond acceptors (Lipinski definition) is 3. The number of hydrogen-bond donors (Lipinski definition) is 0. The fraction of sp³-hybridized carbons (Fsp3) is 0.579. The minimum atomic E-state index is -4.42. The molecule has 0 aromatic heterocycles. The molecule has 3 rings (SSSR count). The minimum absolute atomic E-state index is 0.0315. The maximum absolute atomic E-state index is 12.6. The number of piperidine rings is 1. The number of halogens is 3. The molecule has 0 bridgehead atoms. The highest BCUT2D eigenvalue weighted by Crippen LogP contribution is 2.29. The van der Waals surface area contributed by atoms with Gasteiger partial charge in [0.2, 0.25) is 5.91 Å². The maximum Gasteiger partial charge on any atom is 0.416 e. The highest BCUT2D eigenvalue weighted by Gasteiger charge is 2.33. The molecule has 2 aliphatic heterocycles. The van der Waals surface area contributed by atoms with Crippen LogP contribution in [-0.2, 0) is 15.7 Å². The Morgan fingerprint density at radius 3 is 2.22 bits per heavy atom. The standard InChI is InChI=1S/C19H23F3N2O3/c1-13-12-24(10-11-27-13)18(26)15-6-8-23(9-7-15)17(25)14-2-4-16(5-3-14)19(20,21)22/h2-5,13,15H,6-12H2,1H3. The predicted molar refractivity (Wildman–Crippen MR) is 92.1 cm³/mol. The highest BCUT2D eigenvalue weighted by atomic mass is 19.4. The summed E-state index contributed by atoms with van der Waals surface area (Å²) in [7, 11) is 0. The van der Waals surface area contributed by atoms with Gasteiger partial charge in [0.25, 0.3) is 5.91 Å². The van der Waals surface area contributed by atoms with Gasteiger partial charge in [-0.1, -0.05) is 0 Å². The van der Waals surface area contributed by atoms with Gasteiger partial charge in [-0.3, -0.25) is 9.59 Å². The molecule has 1 atom stereocenters. The molecule has 2 saturated heterocycles. The Hall–Kier alpha value is -2.09. The summed E-state index contributed by atoms with van der Waals surface area (Å²) < 4.78 is 43.4. The number of carbonyl (C=O) groups excluding carboxylic acids is 2. The van der Waals surface area contributed by atoms with E-state index >= 15 is 0 Å². The number of morpholine rings is 1. The number of amides is 2. The van der Waals surface area contributed by atoms with Gasteiger partial charge in [0.1, 0.15) is 0 Å². The normalized spacial score (nSPS) is 22.0. The van der Waals surface area contributed by atoms with Crippen LogP contribution < -0.4 is 0 Å². The van der Waals surface area contributed by atoms with E-state index in [0.717, 1.165) is 12.1 Å². The molecular formula is C19H23F3N2O3. The molecule has 1 aromatic rings. The van der Waals surface area contributed by atoms with Crippen molar-refractivity contribution < 1.29 is 27.5 Å². The number of benzene rings is 1. The first-order valence-corrected chi connectivity index (χ1v) is 9.12. The van der Waals surface area contributed by atoms with Crippen molar-refractivity contribution in [2.24, 2.45) is 5.92 Å². The zero-order valence-electron chi connectivity index (χ0n) is 15.2. The van der Waals surface area contributed by atoms with E-state index in [-0.39, 0.29) is 29.4 Å². The second kappa shape index (κ2) is 7.88. The van der Waals surface area contributed by atoms with Crippen molar-refractivity contribution in [1.82, 2.24) is 9.80 Å². The van der Waals surface area contributed by atoms with E-state index in [9.17, 15) is 22.8 Å². The maximum atomic E-state index is 12.6. The first-order chi connectivity index (χ1) is 12.8. The molecule has 0 saturated carbocycles. The van der Waals surface area contributed by atoms with Gasteiger partial charge < -0.3 is 14.5 Å². The second-order valence-electron chi connectivity index (χ2n) is 7.11. The lowest BCUT2D eigenvalue weighted by Gasteiger charge is -2.37. The van der Waals surface area contributed by atoms with E-state index in [2.05, 4.69) is 0 Å². The molecule has 2 aliphatic rings. The molecule has 0 radical (unpaired) electrons. The SMILES string of the molecule is CC1CN(C(=O)C2CCN(C(=O)c3ccc(C(F)(F)F)cc3)CC2)CCO1. The Kier molecular flexibility index (Phi) is 5.74. The Morgan fingerprint density at radius 1 is 1.04 bits per heavy atom. The average Bonchev–Trinajstić information content (AvgIpc) is 2.66. The van der Waals surface area contributed by atoms with Crippen LogP contribution >= 0.6 is 0 Å². The lowest BCUT2D eigenvalue weighted by atomic mass is 9.94. The lowest BCUT2D eigenvalue weighted by molar-refractivity contribution is -0.143. The number of likely N-dealkylation sites (tertiary alicyclic amines) is 1. The summed E-state index contributed by atoms with van der Waals surface area (Å²) in [6.07, 6.45) is -3.26. The molecule has 2 amide bonds. The molecule has 2 fully saturated rings. The predicted octanol–water partition coefficient (Wildman–Crippen LogP) is 2.80. The van der Waals surface area contributed by atoms with Crippen molar-refractivity contribution in [2.75, 3.05) is 32.8 Å². The van der Waals surface area contributed by atoms with Crippen molar-refractivity contribution in [3.05, 3.63) is 35.4 Å². The van der Waals surface area contributed by atoms with Crippen LogP contribution in [0.5, 0.6) is 0 Å². The monoisotopic (exact) mass is 384 g/mol. The molecule has 148 valence electrons. The van der Waals surface area contributed by atoms with E-state index in [0.29, 0.717) is 45.6 Å². The third kappa shape index (κ3) is 4.61. The summed E-state index contributed by atoms with van der Waals surface area (Å²) in [6.45, 7) is 4.51. The van der Waals surface area contributed by atoms with Crippen LogP contribution in [0.25, 0.3) is 0 Å². The quantitative estimate of drug-likeness (QED) is 0.788. The number of alkyl halides is 3. The van der Waals surface area contributed by atoms with Gasteiger partial charge in [-0.2, -0.15) is 13.2 Å². The van der Waals surface area contributed by atoms with Gasteiger partial charge in [0.15, 0.2) is 0 Å². The van der Waals surface area contributed by atoms with Crippen LogP contribution in [0.2, 0.25) is 0 Å². The summed E-state index contributed by atoms with van der Waals surface area (Å²) in [4.78, 5) is 28.6. The van der Waals surface area contributed by atoms with Gasteiger partial charge >= 0.3 is 6.18 Å². The zero-order valence-corrected chi connectivity index (χ0v) is 15.2. The molecule has 0 N–H and O–H groups in total. The van der Waals surface area contributed by atoms with Crippen molar-refractivity contribution in [1.29, 1.82) is 0 Å². The van der Waals surface area contributed by atoms with Crippen molar-refractivity contribution in [3.8, 4) is 0 Å². The van der Waals surface area contributed by atoms with E-state index < -0.39 is 11.7 Å². The van der Waals surface area contributed by atoms with Crippen LogP contribution in [0.1, 0.15) is 35.7 Å². The van der Waals surface area contributed by atoms with E-state index in [1.54, 1.807) is 4.90 Å². The number of ether oxygens (including phenoxy) is 1. The molecule has 5 nitrogen and oxygen atoms in total. The number of nitrogens with zero attached hydrogens (tertiary/aromatic N) is 2. The van der Waals surface area contributed by atoms with Crippen LogP contribution in [-0.4, -0.2) is 60.5 Å². The van der Waals surface area contributed by atoms with Crippen LogP contribution in [0.15, 0.2) is 24.3 Å². The van der Waals surface area contributed by atoms with Gasteiger partial charge in [-0.15, -0.1) is 0 Å². The van der Waals surface area contributed by atoms with E-state index in [1.807, 2.05) is 11.8 Å². The van der Waals surface area contributed by atoms with E-state index in [4.69, 9.17) is 4.74 Å². The summed E-state index contributed by atoms with van der Waals surface area (Å²) in [5.41, 5.74) is -0.544. The van der Waals surface area contributed by atoms with Gasteiger partial charge in [-0.25, -0.2) is 0 Å². The molecule has 8 heteroatoms. The minimum Gasteiger partial charge on any atom is -0.375 e. The summed E-state index contributed by atoms with van der Waals surface area (Å²) >= 11 is 0. The fourth-order valence-corrected chi connectivity index (χ4v) is 3.59. The van der Waals surface area contributed by atoms with Crippen molar-refractivity contribution >= 4 is 11.8 Å². The van der Waals surface area contributed by atoms with Gasteiger partial charge in [0.05, 0.1) is 18.3 Å². The molecule has 2 heterocycles. The number of rotatable bonds is 2. The molecule has 0 aliphatic carbocycles. The third-order valence-corrected chi connectivity index (χ3v) is 5.14. The Labute approximate surface area is 156 Å². The molecule has 27 heavy (non-hydrogen) atoms. The fourth-order valence-electron chi connectivity index (χ4n) is 3.59. The van der Waals surface area contributed by atoms with Gasteiger partial charge in [-0.05, 0) is 44.0 Å². The zero-order chi connectivity index (χ0) is 19.6. The molecule has 1 unspecified atom stereocenters. The van der Waals surface area contributed by atoms with Gasteiger partial charge in [0, 0.05) is 37.7 Å².